The van der Waals surface area contributed by atoms with Gasteiger partial charge in [0.2, 0.25) is 5.82 Å². The molecule has 1 aliphatic rings. The Bertz CT molecular complexity index is 1240. The summed E-state index contributed by atoms with van der Waals surface area (Å²) in [5.41, 5.74) is 2.94. The number of aromatic nitrogens is 3. The lowest BCUT2D eigenvalue weighted by Crippen LogP contribution is -2.35. The first-order chi connectivity index (χ1) is 17.3. The number of amides is 1. The number of hydrogen-bond donors (Lipinski definition) is 2. The van der Waals surface area contributed by atoms with Crippen LogP contribution in [0.25, 0.3) is 17.1 Å². The standard InChI is InChI=1S/C26H32ClN5O4/c1-5-28-26(34)25-30-29-24(20-13-19(16(2)3)23(35-4)14-22(20)33)32(25)18-7-6-17(21(27)12-18)15-31-8-10-36-11-9-31/h6-7,12-14,16,33H,5,8-11,15H2,1-4H3,(H,28,34). The molecule has 0 aliphatic carbocycles. The van der Waals surface area contributed by atoms with Crippen molar-refractivity contribution >= 4 is 17.5 Å². The fourth-order valence-electron chi connectivity index (χ4n) is 4.29. The molecule has 2 N–H and O–H groups in total. The van der Waals surface area contributed by atoms with Crippen molar-refractivity contribution < 1.29 is 19.4 Å². The highest BCUT2D eigenvalue weighted by Crippen LogP contribution is 2.39. The SMILES string of the molecule is CCNC(=O)c1nnc(-c2cc(C(C)C)c(OC)cc2O)n1-c1ccc(CN2CCOCC2)c(Cl)c1. The van der Waals surface area contributed by atoms with E-state index in [0.29, 0.717) is 54.2 Å². The zero-order valence-corrected chi connectivity index (χ0v) is 21.8. The lowest BCUT2D eigenvalue weighted by Gasteiger charge is -2.27. The Labute approximate surface area is 216 Å². The molecule has 0 spiro atoms. The topological polar surface area (TPSA) is 102 Å². The zero-order valence-electron chi connectivity index (χ0n) is 21.0. The molecule has 1 saturated heterocycles. The molecular formula is C26H32ClN5O4. The number of nitrogens with one attached hydrogen (secondary N) is 1. The molecule has 0 bridgehead atoms. The summed E-state index contributed by atoms with van der Waals surface area (Å²) in [5.74, 6) is 0.744. The van der Waals surface area contributed by atoms with Crippen LogP contribution < -0.4 is 10.1 Å². The maximum atomic E-state index is 12.9. The van der Waals surface area contributed by atoms with Gasteiger partial charge < -0.3 is 19.9 Å². The highest BCUT2D eigenvalue weighted by atomic mass is 35.5. The molecule has 0 atom stereocenters. The van der Waals surface area contributed by atoms with Gasteiger partial charge in [0.05, 0.1) is 31.6 Å². The predicted molar refractivity (Wildman–Crippen MR) is 138 cm³/mol. The third-order valence-electron chi connectivity index (χ3n) is 6.21. The number of halogens is 1. The first-order valence-electron chi connectivity index (χ1n) is 12.1. The third-order valence-corrected chi connectivity index (χ3v) is 6.56. The van der Waals surface area contributed by atoms with Crippen molar-refractivity contribution in [2.45, 2.75) is 33.2 Å². The summed E-state index contributed by atoms with van der Waals surface area (Å²) < 4.78 is 12.5. The van der Waals surface area contributed by atoms with Gasteiger partial charge in [0, 0.05) is 37.3 Å². The number of carbonyl (C=O) groups is 1. The van der Waals surface area contributed by atoms with Gasteiger partial charge in [0.25, 0.3) is 5.91 Å². The van der Waals surface area contributed by atoms with Crippen molar-refractivity contribution in [1.82, 2.24) is 25.0 Å². The van der Waals surface area contributed by atoms with Crippen LogP contribution in [0.15, 0.2) is 30.3 Å². The Balaban J connectivity index is 1.81. The van der Waals surface area contributed by atoms with Gasteiger partial charge in [-0.25, -0.2) is 0 Å². The molecule has 36 heavy (non-hydrogen) atoms. The highest BCUT2D eigenvalue weighted by molar-refractivity contribution is 6.31. The van der Waals surface area contributed by atoms with Gasteiger partial charge in [0.15, 0.2) is 5.82 Å². The van der Waals surface area contributed by atoms with E-state index in [0.717, 1.165) is 24.2 Å². The molecule has 192 valence electrons. The van der Waals surface area contributed by atoms with Crippen LogP contribution in [0.2, 0.25) is 5.02 Å². The van der Waals surface area contributed by atoms with E-state index in [4.69, 9.17) is 21.1 Å². The molecule has 1 amide bonds. The quantitative estimate of drug-likeness (QED) is 0.469. The van der Waals surface area contributed by atoms with Crippen LogP contribution in [0.1, 0.15) is 48.4 Å². The van der Waals surface area contributed by atoms with Crippen molar-refractivity contribution in [2.75, 3.05) is 40.0 Å². The van der Waals surface area contributed by atoms with Crippen LogP contribution in [0.5, 0.6) is 11.5 Å². The lowest BCUT2D eigenvalue weighted by atomic mass is 9.98. The first kappa shape index (κ1) is 25.9. The Kier molecular flexibility index (Phi) is 8.13. The molecule has 1 aromatic heterocycles. The second kappa shape index (κ2) is 11.3. The maximum Gasteiger partial charge on any atom is 0.289 e. The summed E-state index contributed by atoms with van der Waals surface area (Å²) in [7, 11) is 1.57. The van der Waals surface area contributed by atoms with Crippen molar-refractivity contribution in [3.05, 3.63) is 52.3 Å². The van der Waals surface area contributed by atoms with Crippen LogP contribution in [0.4, 0.5) is 0 Å². The van der Waals surface area contributed by atoms with E-state index >= 15 is 0 Å². The van der Waals surface area contributed by atoms with E-state index < -0.39 is 0 Å². The fraction of sp³-hybridized carbons (Fsp3) is 0.423. The molecule has 2 heterocycles. The number of hydrogen-bond acceptors (Lipinski definition) is 7. The lowest BCUT2D eigenvalue weighted by molar-refractivity contribution is 0.0342. The molecule has 1 fully saturated rings. The number of phenolic OH excluding ortho intramolecular Hbond substituents is 1. The van der Waals surface area contributed by atoms with E-state index in [1.807, 2.05) is 39.0 Å². The van der Waals surface area contributed by atoms with E-state index in [-0.39, 0.29) is 23.4 Å². The van der Waals surface area contributed by atoms with Gasteiger partial charge in [-0.05, 0) is 42.2 Å². The minimum atomic E-state index is -0.373. The van der Waals surface area contributed by atoms with Crippen molar-refractivity contribution in [3.8, 4) is 28.6 Å². The fourth-order valence-corrected chi connectivity index (χ4v) is 4.52. The van der Waals surface area contributed by atoms with Crippen LogP contribution in [0.3, 0.4) is 0 Å². The van der Waals surface area contributed by atoms with Gasteiger partial charge >= 0.3 is 0 Å². The zero-order chi connectivity index (χ0) is 25.8. The molecule has 3 aromatic rings. The minimum Gasteiger partial charge on any atom is -0.507 e. The van der Waals surface area contributed by atoms with E-state index in [9.17, 15) is 9.90 Å². The second-order valence-electron chi connectivity index (χ2n) is 8.97. The number of phenols is 1. The van der Waals surface area contributed by atoms with Gasteiger partial charge in [0.1, 0.15) is 11.5 Å². The summed E-state index contributed by atoms with van der Waals surface area (Å²) in [6, 6.07) is 9.03. The summed E-state index contributed by atoms with van der Waals surface area (Å²) in [5, 5.41) is 22.7. The second-order valence-corrected chi connectivity index (χ2v) is 9.38. The predicted octanol–water partition coefficient (Wildman–Crippen LogP) is 4.01. The minimum absolute atomic E-state index is 0.0256. The number of rotatable bonds is 8. The normalized spacial score (nSPS) is 14.3. The van der Waals surface area contributed by atoms with Crippen LogP contribution in [-0.4, -0.2) is 70.6 Å². The number of aromatic hydroxyl groups is 1. The smallest absolute Gasteiger partial charge is 0.289 e. The van der Waals surface area contributed by atoms with Gasteiger partial charge in [-0.2, -0.15) is 0 Å². The maximum absolute atomic E-state index is 12.9. The molecular weight excluding hydrogens is 482 g/mol. The number of morpholine rings is 1. The summed E-state index contributed by atoms with van der Waals surface area (Å²) in [6.07, 6.45) is 0. The Morgan fingerprint density at radius 1 is 1.22 bits per heavy atom. The van der Waals surface area contributed by atoms with Crippen molar-refractivity contribution in [3.63, 3.8) is 0 Å². The van der Waals surface area contributed by atoms with Crippen LogP contribution in [0, 0.1) is 0 Å². The monoisotopic (exact) mass is 513 g/mol. The molecule has 9 nitrogen and oxygen atoms in total. The van der Waals surface area contributed by atoms with Gasteiger partial charge in [-0.15, -0.1) is 10.2 Å². The molecule has 10 heteroatoms. The van der Waals surface area contributed by atoms with Crippen molar-refractivity contribution in [2.24, 2.45) is 0 Å². The molecule has 2 aromatic carbocycles. The molecule has 0 unspecified atom stereocenters. The Morgan fingerprint density at radius 2 is 1.97 bits per heavy atom. The summed E-state index contributed by atoms with van der Waals surface area (Å²) >= 11 is 6.72. The molecule has 1 aliphatic heterocycles. The number of ether oxygens (including phenoxy) is 2. The average Bonchev–Trinajstić information content (AvgIpc) is 3.30. The van der Waals surface area contributed by atoms with Crippen LogP contribution in [-0.2, 0) is 11.3 Å². The number of benzene rings is 2. The Morgan fingerprint density at radius 3 is 2.61 bits per heavy atom. The van der Waals surface area contributed by atoms with E-state index in [1.165, 1.54) is 0 Å². The molecule has 0 saturated carbocycles. The van der Waals surface area contributed by atoms with Crippen LogP contribution >= 0.6 is 11.6 Å². The number of carbonyl (C=O) groups excluding carboxylic acids is 1. The Hall–Kier alpha value is -3.14. The van der Waals surface area contributed by atoms with E-state index in [2.05, 4.69) is 20.4 Å². The van der Waals surface area contributed by atoms with Crippen molar-refractivity contribution in [1.29, 1.82) is 0 Å². The number of methoxy groups -OCH3 is 1. The highest BCUT2D eigenvalue weighted by Gasteiger charge is 2.25. The summed E-state index contributed by atoms with van der Waals surface area (Å²) in [6.45, 7) is 10.2. The van der Waals surface area contributed by atoms with Gasteiger partial charge in [-0.1, -0.05) is 31.5 Å². The average molecular weight is 514 g/mol. The summed E-state index contributed by atoms with van der Waals surface area (Å²) in [4.78, 5) is 15.2. The largest absolute Gasteiger partial charge is 0.507 e. The first-order valence-corrected chi connectivity index (χ1v) is 12.5. The van der Waals surface area contributed by atoms with E-state index in [1.54, 1.807) is 23.8 Å². The van der Waals surface area contributed by atoms with Gasteiger partial charge in [-0.3, -0.25) is 14.3 Å². The molecule has 4 rings (SSSR count). The number of nitrogens with zero attached hydrogens (tertiary/aromatic N) is 4. The third kappa shape index (κ3) is 5.33. The molecule has 0 radical (unpaired) electrons.